The van der Waals surface area contributed by atoms with Crippen molar-refractivity contribution >= 4 is 11.9 Å². The average molecular weight is 437 g/mol. The van der Waals surface area contributed by atoms with Gasteiger partial charge in [-0.1, -0.05) is 12.5 Å². The predicted octanol–water partition coefficient (Wildman–Crippen LogP) is 2.05. The molecule has 5 rings (SSSR count). The first kappa shape index (κ1) is 21.3. The summed E-state index contributed by atoms with van der Waals surface area (Å²) in [5.74, 6) is 1.12. The summed E-state index contributed by atoms with van der Waals surface area (Å²) in [5.41, 5.74) is 2.93. The molecule has 1 spiro atoms. The molecule has 1 N–H and O–H groups in total. The largest absolute Gasteiger partial charge is 0.378 e. The fourth-order valence-electron chi connectivity index (χ4n) is 5.39. The monoisotopic (exact) mass is 436 g/mol. The summed E-state index contributed by atoms with van der Waals surface area (Å²) < 4.78 is 5.42. The summed E-state index contributed by atoms with van der Waals surface area (Å²) in [6.07, 6.45) is 7.50. The molecule has 2 atom stereocenters. The number of ether oxygens (including phenoxy) is 1. The van der Waals surface area contributed by atoms with E-state index < -0.39 is 0 Å². The Kier molecular flexibility index (Phi) is 6.06. The van der Waals surface area contributed by atoms with Crippen molar-refractivity contribution in [3.63, 3.8) is 0 Å². The Labute approximate surface area is 189 Å². The lowest BCUT2D eigenvalue weighted by atomic mass is 9.81. The number of amides is 1. The number of carbonyl (C=O) groups is 1. The Balaban J connectivity index is 1.35. The third kappa shape index (κ3) is 4.47. The molecule has 3 saturated heterocycles. The molecule has 8 nitrogen and oxygen atoms in total. The highest BCUT2D eigenvalue weighted by Crippen LogP contribution is 2.40. The van der Waals surface area contributed by atoms with Crippen LogP contribution in [0.1, 0.15) is 48.6 Å². The lowest BCUT2D eigenvalue weighted by molar-refractivity contribution is -0.122. The number of morpholine rings is 1. The van der Waals surface area contributed by atoms with E-state index in [4.69, 9.17) is 9.72 Å². The van der Waals surface area contributed by atoms with Gasteiger partial charge in [-0.15, -0.1) is 0 Å². The maximum absolute atomic E-state index is 12.6. The van der Waals surface area contributed by atoms with Crippen LogP contribution in [0.25, 0.3) is 0 Å². The lowest BCUT2D eigenvalue weighted by Crippen LogP contribution is -2.52. The first-order valence-corrected chi connectivity index (χ1v) is 11.7. The molecule has 2 aromatic heterocycles. The predicted molar refractivity (Wildman–Crippen MR) is 121 cm³/mol. The average Bonchev–Trinajstić information content (AvgIpc) is 3.03. The minimum atomic E-state index is -0.261. The third-order valence-corrected chi connectivity index (χ3v) is 6.94. The zero-order valence-electron chi connectivity index (χ0n) is 18.8. The Morgan fingerprint density at radius 2 is 2.00 bits per heavy atom. The van der Waals surface area contributed by atoms with E-state index in [9.17, 15) is 4.79 Å². The van der Waals surface area contributed by atoms with E-state index in [2.05, 4.69) is 37.2 Å². The normalized spacial score (nSPS) is 26.8. The smallest absolute Gasteiger partial charge is 0.225 e. The summed E-state index contributed by atoms with van der Waals surface area (Å²) in [5, 5.41) is 3.42. The van der Waals surface area contributed by atoms with Gasteiger partial charge in [-0.2, -0.15) is 0 Å². The number of aromatic nitrogens is 3. The fraction of sp³-hybridized carbons (Fsp3) is 0.583. The highest BCUT2D eigenvalue weighted by Gasteiger charge is 2.49. The minimum Gasteiger partial charge on any atom is -0.378 e. The molecule has 3 fully saturated rings. The van der Waals surface area contributed by atoms with E-state index >= 15 is 0 Å². The standard InChI is InChI=1S/C24H32N6O2/c1-18-5-4-6-21(27-18)20-16-29(17-24(20)8-3-2-7-22(31)28-24)15-19-13-25-23(26-14-19)30-9-11-32-12-10-30/h4-6,13-14,20H,2-3,7-12,15-17H2,1H3,(H,28,31)/t20-,24+/m0/s1. The molecule has 0 aromatic carbocycles. The van der Waals surface area contributed by atoms with Gasteiger partial charge in [0.05, 0.1) is 18.8 Å². The third-order valence-electron chi connectivity index (χ3n) is 6.94. The topological polar surface area (TPSA) is 83.5 Å². The maximum Gasteiger partial charge on any atom is 0.225 e. The van der Waals surface area contributed by atoms with Crippen LogP contribution in [0.5, 0.6) is 0 Å². The van der Waals surface area contributed by atoms with Crippen molar-refractivity contribution in [1.82, 2.24) is 25.2 Å². The van der Waals surface area contributed by atoms with Crippen molar-refractivity contribution in [2.24, 2.45) is 0 Å². The number of nitrogens with one attached hydrogen (secondary N) is 1. The van der Waals surface area contributed by atoms with Crippen LogP contribution in [0.4, 0.5) is 5.95 Å². The van der Waals surface area contributed by atoms with Crippen LogP contribution in [-0.2, 0) is 16.1 Å². The van der Waals surface area contributed by atoms with Gasteiger partial charge >= 0.3 is 0 Å². The number of carbonyl (C=O) groups excluding carboxylic acids is 1. The number of pyridine rings is 1. The first-order chi connectivity index (χ1) is 15.6. The molecule has 5 heterocycles. The Bertz CT molecular complexity index is 946. The van der Waals surface area contributed by atoms with Gasteiger partial charge in [-0.3, -0.25) is 14.7 Å². The fourth-order valence-corrected chi connectivity index (χ4v) is 5.39. The molecule has 2 aromatic rings. The summed E-state index contributed by atoms with van der Waals surface area (Å²) in [4.78, 5) is 31.2. The van der Waals surface area contributed by atoms with Crippen LogP contribution in [0.2, 0.25) is 0 Å². The molecule has 170 valence electrons. The summed E-state index contributed by atoms with van der Waals surface area (Å²) in [7, 11) is 0. The maximum atomic E-state index is 12.6. The van der Waals surface area contributed by atoms with E-state index in [1.165, 1.54) is 0 Å². The summed E-state index contributed by atoms with van der Waals surface area (Å²) in [6, 6.07) is 6.22. The minimum absolute atomic E-state index is 0.167. The zero-order chi connectivity index (χ0) is 22.0. The molecule has 3 aliphatic rings. The van der Waals surface area contributed by atoms with Crippen LogP contribution in [0, 0.1) is 6.92 Å². The molecular weight excluding hydrogens is 404 g/mol. The van der Waals surface area contributed by atoms with E-state index in [-0.39, 0.29) is 17.4 Å². The Morgan fingerprint density at radius 3 is 2.78 bits per heavy atom. The Morgan fingerprint density at radius 1 is 1.19 bits per heavy atom. The van der Waals surface area contributed by atoms with Crippen molar-refractivity contribution < 1.29 is 9.53 Å². The van der Waals surface area contributed by atoms with Gasteiger partial charge in [-0.05, 0) is 31.9 Å². The van der Waals surface area contributed by atoms with Crippen LogP contribution in [0.15, 0.2) is 30.6 Å². The van der Waals surface area contributed by atoms with Gasteiger partial charge in [0, 0.05) is 74.4 Å². The van der Waals surface area contributed by atoms with Gasteiger partial charge in [0.25, 0.3) is 0 Å². The van der Waals surface area contributed by atoms with Crippen molar-refractivity contribution in [2.75, 3.05) is 44.3 Å². The molecule has 0 bridgehead atoms. The second kappa shape index (κ2) is 9.11. The lowest BCUT2D eigenvalue weighted by Gasteiger charge is -2.34. The van der Waals surface area contributed by atoms with E-state index in [1.54, 1.807) is 0 Å². The number of hydrogen-bond donors (Lipinski definition) is 1. The van der Waals surface area contributed by atoms with Crippen LogP contribution < -0.4 is 10.2 Å². The SMILES string of the molecule is Cc1cccc([C@@H]2CN(Cc3cnc(N4CCOCC4)nc3)C[C@]23CCCCC(=O)N3)n1. The van der Waals surface area contributed by atoms with Crippen molar-refractivity contribution in [3.8, 4) is 0 Å². The van der Waals surface area contributed by atoms with Gasteiger partial charge < -0.3 is 15.0 Å². The van der Waals surface area contributed by atoms with Gasteiger partial charge in [0.2, 0.25) is 11.9 Å². The zero-order valence-corrected chi connectivity index (χ0v) is 18.8. The van der Waals surface area contributed by atoms with Crippen LogP contribution >= 0.6 is 0 Å². The molecule has 0 radical (unpaired) electrons. The first-order valence-electron chi connectivity index (χ1n) is 11.7. The number of nitrogens with zero attached hydrogens (tertiary/aromatic N) is 5. The number of likely N-dealkylation sites (tertiary alicyclic amines) is 1. The number of aryl methyl sites for hydroxylation is 1. The molecule has 0 unspecified atom stereocenters. The highest BCUT2D eigenvalue weighted by molar-refractivity contribution is 5.77. The van der Waals surface area contributed by atoms with Gasteiger partial charge in [-0.25, -0.2) is 9.97 Å². The number of anilines is 1. The second-order valence-electron chi connectivity index (χ2n) is 9.33. The van der Waals surface area contributed by atoms with Crippen molar-refractivity contribution in [3.05, 3.63) is 47.5 Å². The van der Waals surface area contributed by atoms with E-state index in [0.29, 0.717) is 6.42 Å². The van der Waals surface area contributed by atoms with Crippen molar-refractivity contribution in [2.45, 2.75) is 50.6 Å². The second-order valence-corrected chi connectivity index (χ2v) is 9.33. The Hall–Kier alpha value is -2.58. The highest BCUT2D eigenvalue weighted by atomic mass is 16.5. The molecule has 3 aliphatic heterocycles. The van der Waals surface area contributed by atoms with Gasteiger partial charge in [0.1, 0.15) is 0 Å². The quantitative estimate of drug-likeness (QED) is 0.785. The molecule has 8 heteroatoms. The number of hydrogen-bond acceptors (Lipinski definition) is 7. The van der Waals surface area contributed by atoms with Crippen LogP contribution in [0.3, 0.4) is 0 Å². The molecule has 32 heavy (non-hydrogen) atoms. The summed E-state index contributed by atoms with van der Waals surface area (Å²) >= 11 is 0. The number of rotatable bonds is 4. The summed E-state index contributed by atoms with van der Waals surface area (Å²) in [6.45, 7) is 7.59. The van der Waals surface area contributed by atoms with Crippen LogP contribution in [-0.4, -0.2) is 70.7 Å². The van der Waals surface area contributed by atoms with E-state index in [1.807, 2.05) is 25.4 Å². The van der Waals surface area contributed by atoms with E-state index in [0.717, 1.165) is 88.1 Å². The molecular formula is C24H32N6O2. The molecule has 0 saturated carbocycles. The van der Waals surface area contributed by atoms with Gasteiger partial charge in [0.15, 0.2) is 0 Å². The molecule has 0 aliphatic carbocycles. The molecule has 1 amide bonds. The van der Waals surface area contributed by atoms with Crippen molar-refractivity contribution in [1.29, 1.82) is 0 Å².